The fourth-order valence-corrected chi connectivity index (χ4v) is 2.84. The lowest BCUT2D eigenvalue weighted by Crippen LogP contribution is -2.22. The number of rotatable bonds is 4. The first-order valence-corrected chi connectivity index (χ1v) is 8.01. The summed E-state index contributed by atoms with van der Waals surface area (Å²) in [5.74, 6) is 0.651. The molecular weight excluding hydrogens is 318 g/mol. The van der Waals surface area contributed by atoms with E-state index >= 15 is 0 Å². The van der Waals surface area contributed by atoms with E-state index in [-0.39, 0.29) is 5.69 Å². The molecule has 0 aliphatic carbocycles. The lowest BCUT2D eigenvalue weighted by molar-refractivity contribution is 0.425. The van der Waals surface area contributed by atoms with Crippen molar-refractivity contribution < 1.29 is 4.74 Å². The Labute approximate surface area is 143 Å². The van der Waals surface area contributed by atoms with Gasteiger partial charge in [-0.05, 0) is 43.3 Å². The van der Waals surface area contributed by atoms with E-state index in [2.05, 4.69) is 9.97 Å². The molecule has 0 N–H and O–H groups in total. The number of nitrogens with zero attached hydrogens (tertiary/aromatic N) is 5. The summed E-state index contributed by atoms with van der Waals surface area (Å²) in [5.41, 5.74) is 2.11. The molecule has 0 aliphatic rings. The standard InChI is InChI=1S/C18H17N5O2/c1-3-22-15-5-4-10-19-16(15)23(18(22)24)13-6-8-14(9-7-13)25-17-20-11-12-21(17)2/h4-12H,3H2,1-2H3. The van der Waals surface area contributed by atoms with E-state index in [0.29, 0.717) is 24.0 Å². The number of benzene rings is 1. The summed E-state index contributed by atoms with van der Waals surface area (Å²) in [5, 5.41) is 0. The van der Waals surface area contributed by atoms with Crippen molar-refractivity contribution in [3.8, 4) is 17.4 Å². The van der Waals surface area contributed by atoms with Gasteiger partial charge in [-0.25, -0.2) is 19.3 Å². The Balaban J connectivity index is 1.76. The third-order valence-electron chi connectivity index (χ3n) is 4.09. The molecule has 0 saturated heterocycles. The molecule has 0 saturated carbocycles. The van der Waals surface area contributed by atoms with Crippen molar-refractivity contribution in [2.24, 2.45) is 7.05 Å². The predicted octanol–water partition coefficient (Wildman–Crippen LogP) is 2.73. The normalized spacial score (nSPS) is 11.1. The summed E-state index contributed by atoms with van der Waals surface area (Å²) in [6, 6.07) is 11.6. The van der Waals surface area contributed by atoms with Crippen LogP contribution in [0.2, 0.25) is 0 Å². The molecule has 0 spiro atoms. The maximum absolute atomic E-state index is 12.7. The van der Waals surface area contributed by atoms with Crippen molar-refractivity contribution in [3.63, 3.8) is 0 Å². The van der Waals surface area contributed by atoms with Crippen molar-refractivity contribution in [2.45, 2.75) is 13.5 Å². The van der Waals surface area contributed by atoms with Crippen LogP contribution in [0.5, 0.6) is 11.8 Å². The maximum Gasteiger partial charge on any atom is 0.334 e. The van der Waals surface area contributed by atoms with E-state index in [9.17, 15) is 4.79 Å². The number of aryl methyl sites for hydroxylation is 2. The summed E-state index contributed by atoms with van der Waals surface area (Å²) in [6.45, 7) is 2.54. The van der Waals surface area contributed by atoms with E-state index in [1.165, 1.54) is 0 Å². The zero-order valence-corrected chi connectivity index (χ0v) is 14.0. The molecule has 4 aromatic rings. The van der Waals surface area contributed by atoms with Gasteiger partial charge in [-0.3, -0.25) is 4.57 Å². The van der Waals surface area contributed by atoms with Gasteiger partial charge in [-0.2, -0.15) is 0 Å². The average Bonchev–Trinajstić information content (AvgIpc) is 3.16. The van der Waals surface area contributed by atoms with E-state index in [1.54, 1.807) is 26.1 Å². The molecule has 0 unspecified atom stereocenters. The Bertz CT molecular complexity index is 1090. The van der Waals surface area contributed by atoms with Crippen molar-refractivity contribution in [1.82, 2.24) is 23.7 Å². The lowest BCUT2D eigenvalue weighted by atomic mass is 10.3. The van der Waals surface area contributed by atoms with Crippen LogP contribution >= 0.6 is 0 Å². The molecule has 0 bridgehead atoms. The van der Waals surface area contributed by atoms with Gasteiger partial charge >= 0.3 is 11.7 Å². The van der Waals surface area contributed by atoms with Crippen LogP contribution in [0, 0.1) is 0 Å². The summed E-state index contributed by atoms with van der Waals surface area (Å²) in [6.07, 6.45) is 5.18. The highest BCUT2D eigenvalue weighted by atomic mass is 16.5. The van der Waals surface area contributed by atoms with E-state index in [0.717, 1.165) is 11.2 Å². The SMILES string of the molecule is CCn1c(=O)n(-c2ccc(Oc3nccn3C)cc2)c2ncccc21. The molecule has 0 amide bonds. The molecule has 7 heteroatoms. The zero-order valence-electron chi connectivity index (χ0n) is 14.0. The van der Waals surface area contributed by atoms with Gasteiger partial charge in [0, 0.05) is 32.2 Å². The monoisotopic (exact) mass is 335 g/mol. The van der Waals surface area contributed by atoms with Gasteiger partial charge in [-0.15, -0.1) is 0 Å². The van der Waals surface area contributed by atoms with E-state index < -0.39 is 0 Å². The van der Waals surface area contributed by atoms with Crippen LogP contribution in [0.1, 0.15) is 6.92 Å². The Hall–Kier alpha value is -3.35. The van der Waals surface area contributed by atoms with Gasteiger partial charge < -0.3 is 9.30 Å². The van der Waals surface area contributed by atoms with Crippen LogP contribution in [0.4, 0.5) is 0 Å². The minimum atomic E-state index is -0.103. The summed E-state index contributed by atoms with van der Waals surface area (Å²) in [4.78, 5) is 21.3. The molecule has 3 heterocycles. The van der Waals surface area contributed by atoms with Crippen molar-refractivity contribution in [3.05, 3.63) is 65.5 Å². The molecule has 7 nitrogen and oxygen atoms in total. The number of hydrogen-bond acceptors (Lipinski definition) is 4. The Morgan fingerprint density at radius 3 is 2.56 bits per heavy atom. The van der Waals surface area contributed by atoms with Crippen LogP contribution in [-0.2, 0) is 13.6 Å². The Morgan fingerprint density at radius 2 is 1.88 bits per heavy atom. The molecule has 0 radical (unpaired) electrons. The number of ether oxygens (including phenoxy) is 1. The Morgan fingerprint density at radius 1 is 1.08 bits per heavy atom. The van der Waals surface area contributed by atoms with E-state index in [4.69, 9.17) is 4.74 Å². The number of pyridine rings is 1. The largest absolute Gasteiger partial charge is 0.426 e. The molecule has 3 aromatic heterocycles. The minimum absolute atomic E-state index is 0.103. The number of aromatic nitrogens is 5. The zero-order chi connectivity index (χ0) is 17.4. The van der Waals surface area contributed by atoms with Gasteiger partial charge in [0.15, 0.2) is 5.65 Å². The van der Waals surface area contributed by atoms with Gasteiger partial charge in [0.05, 0.1) is 11.2 Å². The van der Waals surface area contributed by atoms with Gasteiger partial charge in [0.1, 0.15) is 5.75 Å². The van der Waals surface area contributed by atoms with Crippen LogP contribution < -0.4 is 10.4 Å². The average molecular weight is 335 g/mol. The highest BCUT2D eigenvalue weighted by molar-refractivity contribution is 5.73. The van der Waals surface area contributed by atoms with Crippen LogP contribution in [0.3, 0.4) is 0 Å². The Kier molecular flexibility index (Phi) is 3.61. The van der Waals surface area contributed by atoms with Gasteiger partial charge in [-0.1, -0.05) is 0 Å². The highest BCUT2D eigenvalue weighted by Crippen LogP contribution is 2.22. The molecule has 0 fully saturated rings. The number of imidazole rings is 2. The fraction of sp³-hybridized carbons (Fsp3) is 0.167. The molecule has 0 aliphatic heterocycles. The van der Waals surface area contributed by atoms with Crippen molar-refractivity contribution in [2.75, 3.05) is 0 Å². The second kappa shape index (κ2) is 5.94. The predicted molar refractivity (Wildman–Crippen MR) is 94.3 cm³/mol. The topological polar surface area (TPSA) is 66.9 Å². The molecule has 25 heavy (non-hydrogen) atoms. The summed E-state index contributed by atoms with van der Waals surface area (Å²) < 4.78 is 10.8. The molecule has 4 rings (SSSR count). The minimum Gasteiger partial charge on any atom is -0.426 e. The molecule has 0 atom stereocenters. The van der Waals surface area contributed by atoms with Gasteiger partial charge in [0.2, 0.25) is 0 Å². The highest BCUT2D eigenvalue weighted by Gasteiger charge is 2.14. The van der Waals surface area contributed by atoms with Crippen LogP contribution in [0.25, 0.3) is 16.9 Å². The van der Waals surface area contributed by atoms with Crippen molar-refractivity contribution in [1.29, 1.82) is 0 Å². The molecule has 126 valence electrons. The summed E-state index contributed by atoms with van der Waals surface area (Å²) >= 11 is 0. The molecular formula is C18H17N5O2. The van der Waals surface area contributed by atoms with Gasteiger partial charge in [0.25, 0.3) is 0 Å². The third kappa shape index (κ3) is 2.50. The number of hydrogen-bond donors (Lipinski definition) is 0. The summed E-state index contributed by atoms with van der Waals surface area (Å²) in [7, 11) is 1.86. The second-order valence-corrected chi connectivity index (χ2v) is 5.63. The smallest absolute Gasteiger partial charge is 0.334 e. The first kappa shape index (κ1) is 15.2. The maximum atomic E-state index is 12.7. The first-order valence-electron chi connectivity index (χ1n) is 8.01. The van der Waals surface area contributed by atoms with E-state index in [1.807, 2.05) is 56.6 Å². The van der Waals surface area contributed by atoms with Crippen LogP contribution in [-0.4, -0.2) is 23.7 Å². The van der Waals surface area contributed by atoms with Crippen molar-refractivity contribution >= 4 is 11.2 Å². The quantitative estimate of drug-likeness (QED) is 0.575. The molecule has 1 aromatic carbocycles. The first-order chi connectivity index (χ1) is 12.2. The third-order valence-corrected chi connectivity index (χ3v) is 4.09. The van der Waals surface area contributed by atoms with Crippen LogP contribution in [0.15, 0.2) is 59.8 Å². The second-order valence-electron chi connectivity index (χ2n) is 5.63. The fourth-order valence-electron chi connectivity index (χ4n) is 2.84. The lowest BCUT2D eigenvalue weighted by Gasteiger charge is -2.07. The number of fused-ring (bicyclic) bond motifs is 1.